The van der Waals surface area contributed by atoms with Gasteiger partial charge >= 0.3 is 11.9 Å². The first kappa shape index (κ1) is 23.3. The average molecular weight is 390 g/mol. The standard InChI is InChI=1S/C22H30O6/c1-14(2)7-6-8-15(3)11-12-17-18(23)13-16(9-4-5-10-19(24)25)20(21(17)26)22(27)28/h7,11,13,23,26H,4-6,8-10,12H2,1-3H3,(H,24,25)(H,27,28). The van der Waals surface area contributed by atoms with Crippen molar-refractivity contribution < 1.29 is 30.0 Å². The zero-order chi connectivity index (χ0) is 21.3. The number of carboxylic acid groups (broad SMARTS) is 2. The van der Waals surface area contributed by atoms with E-state index < -0.39 is 17.7 Å². The van der Waals surface area contributed by atoms with E-state index in [-0.39, 0.29) is 36.1 Å². The second-order valence-corrected chi connectivity index (χ2v) is 7.24. The van der Waals surface area contributed by atoms with Gasteiger partial charge in [0.2, 0.25) is 0 Å². The fraction of sp³-hybridized carbons (Fsp3) is 0.455. The summed E-state index contributed by atoms with van der Waals surface area (Å²) < 4.78 is 0. The first-order valence-corrected chi connectivity index (χ1v) is 9.44. The Labute approximate surface area is 165 Å². The van der Waals surface area contributed by atoms with Crippen LogP contribution in [0.1, 0.15) is 74.4 Å². The molecule has 0 unspecified atom stereocenters. The summed E-state index contributed by atoms with van der Waals surface area (Å²) >= 11 is 0. The van der Waals surface area contributed by atoms with Gasteiger partial charge in [-0.15, -0.1) is 0 Å². The molecule has 0 bridgehead atoms. The van der Waals surface area contributed by atoms with E-state index >= 15 is 0 Å². The molecule has 4 N–H and O–H groups in total. The molecule has 6 nitrogen and oxygen atoms in total. The van der Waals surface area contributed by atoms with Crippen molar-refractivity contribution in [1.82, 2.24) is 0 Å². The molecule has 0 fully saturated rings. The number of hydrogen-bond acceptors (Lipinski definition) is 4. The van der Waals surface area contributed by atoms with Gasteiger partial charge in [-0.3, -0.25) is 4.79 Å². The minimum absolute atomic E-state index is 0.00469. The number of aliphatic carboxylic acids is 1. The number of carboxylic acids is 2. The number of carbonyl (C=O) groups is 2. The lowest BCUT2D eigenvalue weighted by Crippen LogP contribution is -2.06. The van der Waals surface area contributed by atoms with Crippen molar-refractivity contribution in [3.8, 4) is 11.5 Å². The third kappa shape index (κ3) is 7.47. The highest BCUT2D eigenvalue weighted by molar-refractivity contribution is 5.93. The molecule has 0 saturated heterocycles. The first-order chi connectivity index (χ1) is 13.1. The van der Waals surface area contributed by atoms with Crippen LogP contribution in [0.4, 0.5) is 0 Å². The van der Waals surface area contributed by atoms with Gasteiger partial charge in [0.1, 0.15) is 17.1 Å². The SMILES string of the molecule is CC(C)=CCCC(C)=CCc1c(O)cc(CCCCC(=O)O)c(C(=O)O)c1O. The fourth-order valence-electron chi connectivity index (χ4n) is 2.94. The molecule has 1 rings (SSSR count). The number of aromatic carboxylic acids is 1. The molecule has 0 radical (unpaired) electrons. The Kier molecular flexibility index (Phi) is 9.28. The second-order valence-electron chi connectivity index (χ2n) is 7.24. The van der Waals surface area contributed by atoms with Gasteiger partial charge in [0.05, 0.1) is 0 Å². The molecule has 6 heteroatoms. The molecule has 154 valence electrons. The van der Waals surface area contributed by atoms with Crippen LogP contribution in [0.5, 0.6) is 11.5 Å². The summed E-state index contributed by atoms with van der Waals surface area (Å²) in [6, 6.07) is 1.37. The van der Waals surface area contributed by atoms with E-state index in [2.05, 4.69) is 6.08 Å². The number of benzene rings is 1. The lowest BCUT2D eigenvalue weighted by molar-refractivity contribution is -0.137. The monoisotopic (exact) mass is 390 g/mol. The molecule has 0 amide bonds. The zero-order valence-corrected chi connectivity index (χ0v) is 16.8. The average Bonchev–Trinajstić information content (AvgIpc) is 2.57. The van der Waals surface area contributed by atoms with Crippen LogP contribution in [0.2, 0.25) is 0 Å². The molecular formula is C22H30O6. The summed E-state index contributed by atoms with van der Waals surface area (Å²) in [5.74, 6) is -2.75. The maximum atomic E-state index is 11.6. The number of unbranched alkanes of at least 4 members (excludes halogenated alkanes) is 1. The van der Waals surface area contributed by atoms with Crippen LogP contribution in [0.25, 0.3) is 0 Å². The molecule has 0 atom stereocenters. The molecule has 28 heavy (non-hydrogen) atoms. The Balaban J connectivity index is 2.99. The van der Waals surface area contributed by atoms with Gasteiger partial charge in [0.15, 0.2) is 0 Å². The van der Waals surface area contributed by atoms with Crippen LogP contribution in [-0.2, 0) is 17.6 Å². The predicted molar refractivity (Wildman–Crippen MR) is 108 cm³/mol. The largest absolute Gasteiger partial charge is 0.508 e. The number of phenols is 2. The van der Waals surface area contributed by atoms with Crippen LogP contribution in [0.3, 0.4) is 0 Å². The number of allylic oxidation sites excluding steroid dienone is 4. The van der Waals surface area contributed by atoms with Gasteiger partial charge in [0, 0.05) is 12.0 Å². The van der Waals surface area contributed by atoms with Gasteiger partial charge < -0.3 is 20.4 Å². The number of aromatic hydroxyl groups is 2. The summed E-state index contributed by atoms with van der Waals surface area (Å²) in [6.45, 7) is 6.03. The Morgan fingerprint density at radius 3 is 2.25 bits per heavy atom. The van der Waals surface area contributed by atoms with Crippen molar-refractivity contribution in [2.24, 2.45) is 0 Å². The van der Waals surface area contributed by atoms with Gasteiger partial charge in [0.25, 0.3) is 0 Å². The molecular weight excluding hydrogens is 360 g/mol. The Morgan fingerprint density at radius 2 is 1.68 bits per heavy atom. The van der Waals surface area contributed by atoms with Crippen molar-refractivity contribution in [3.05, 3.63) is 46.1 Å². The second kappa shape index (κ2) is 11.2. The number of rotatable bonds is 11. The maximum Gasteiger partial charge on any atom is 0.339 e. The molecule has 0 aromatic heterocycles. The molecule has 1 aromatic carbocycles. The maximum absolute atomic E-state index is 11.6. The lowest BCUT2D eigenvalue weighted by Gasteiger charge is -2.14. The third-order valence-corrected chi connectivity index (χ3v) is 4.51. The highest BCUT2D eigenvalue weighted by Gasteiger charge is 2.21. The van der Waals surface area contributed by atoms with E-state index in [0.717, 1.165) is 18.4 Å². The van der Waals surface area contributed by atoms with Gasteiger partial charge in [-0.1, -0.05) is 23.3 Å². The van der Waals surface area contributed by atoms with Crippen molar-refractivity contribution in [1.29, 1.82) is 0 Å². The zero-order valence-electron chi connectivity index (χ0n) is 16.8. The molecule has 0 heterocycles. The summed E-state index contributed by atoms with van der Waals surface area (Å²) in [5.41, 5.74) is 2.60. The van der Waals surface area contributed by atoms with Crippen LogP contribution in [0, 0.1) is 0 Å². The van der Waals surface area contributed by atoms with Crippen LogP contribution in [0.15, 0.2) is 29.4 Å². The van der Waals surface area contributed by atoms with Crippen LogP contribution in [-0.4, -0.2) is 32.4 Å². The molecule has 0 spiro atoms. The number of hydrogen-bond donors (Lipinski definition) is 4. The summed E-state index contributed by atoms with van der Waals surface area (Å²) in [6.07, 6.45) is 7.11. The fourth-order valence-corrected chi connectivity index (χ4v) is 2.94. The molecule has 0 saturated carbocycles. The van der Waals surface area contributed by atoms with Crippen molar-refractivity contribution >= 4 is 11.9 Å². The Hall–Kier alpha value is -2.76. The summed E-state index contributed by atoms with van der Waals surface area (Å²) in [4.78, 5) is 22.2. The normalized spacial score (nSPS) is 11.3. The van der Waals surface area contributed by atoms with E-state index in [0.29, 0.717) is 18.4 Å². The molecule has 0 aliphatic heterocycles. The highest BCUT2D eigenvalue weighted by Crippen LogP contribution is 2.35. The Bertz CT molecular complexity index is 770. The minimum Gasteiger partial charge on any atom is -0.508 e. The third-order valence-electron chi connectivity index (χ3n) is 4.51. The van der Waals surface area contributed by atoms with Crippen molar-refractivity contribution in [2.75, 3.05) is 0 Å². The van der Waals surface area contributed by atoms with Gasteiger partial charge in [-0.05, 0) is 70.9 Å². The minimum atomic E-state index is -1.27. The van der Waals surface area contributed by atoms with E-state index in [4.69, 9.17) is 5.11 Å². The van der Waals surface area contributed by atoms with Crippen molar-refractivity contribution in [3.63, 3.8) is 0 Å². The smallest absolute Gasteiger partial charge is 0.339 e. The van der Waals surface area contributed by atoms with Gasteiger partial charge in [-0.25, -0.2) is 4.79 Å². The van der Waals surface area contributed by atoms with E-state index in [1.54, 1.807) is 0 Å². The Morgan fingerprint density at radius 1 is 1.00 bits per heavy atom. The lowest BCUT2D eigenvalue weighted by atomic mass is 9.94. The van der Waals surface area contributed by atoms with Gasteiger partial charge in [-0.2, -0.15) is 0 Å². The first-order valence-electron chi connectivity index (χ1n) is 9.44. The van der Waals surface area contributed by atoms with E-state index in [9.17, 15) is 24.9 Å². The molecule has 0 aliphatic carbocycles. The van der Waals surface area contributed by atoms with Crippen molar-refractivity contribution in [2.45, 2.75) is 65.7 Å². The number of phenolic OH excluding ortho intramolecular Hbond substituents is 1. The molecule has 1 aromatic rings. The summed E-state index contributed by atoms with van der Waals surface area (Å²) in [7, 11) is 0. The van der Waals surface area contributed by atoms with Crippen LogP contribution < -0.4 is 0 Å². The van der Waals surface area contributed by atoms with E-state index in [1.165, 1.54) is 11.6 Å². The van der Waals surface area contributed by atoms with Crippen LogP contribution >= 0.6 is 0 Å². The highest BCUT2D eigenvalue weighted by atomic mass is 16.4. The summed E-state index contributed by atoms with van der Waals surface area (Å²) in [5, 5.41) is 38.9. The molecule has 0 aliphatic rings. The van der Waals surface area contributed by atoms with E-state index in [1.807, 2.05) is 26.8 Å². The number of aryl methyl sites for hydroxylation is 1. The predicted octanol–water partition coefficient (Wildman–Crippen LogP) is 4.83. The topological polar surface area (TPSA) is 115 Å². The quantitative estimate of drug-likeness (QED) is 0.318.